The molecular weight excluding hydrogens is 376 g/mol. The molecule has 8 heteroatoms. The number of nitrogens with one attached hydrogen (secondary N) is 2. The van der Waals surface area contributed by atoms with E-state index in [1.165, 1.54) is 0 Å². The summed E-state index contributed by atoms with van der Waals surface area (Å²) in [5.74, 6) is -4.05. The van der Waals surface area contributed by atoms with E-state index in [1.54, 1.807) is 24.3 Å². The Labute approximate surface area is 166 Å². The maximum absolute atomic E-state index is 11.5. The maximum Gasteiger partial charge on any atom is 0.248 e. The third kappa shape index (κ3) is 7.92. The smallest absolute Gasteiger partial charge is 0.248 e. The second-order valence-corrected chi connectivity index (χ2v) is 5.85. The van der Waals surface area contributed by atoms with Crippen molar-refractivity contribution < 1.29 is 29.4 Å². The molecule has 2 aromatic carbocycles. The second kappa shape index (κ2) is 10.2. The Morgan fingerprint density at radius 3 is 1.28 bits per heavy atom. The second-order valence-electron chi connectivity index (χ2n) is 5.85. The number of rotatable bonds is 8. The number of hydrogen-bond donors (Lipinski definition) is 2. The van der Waals surface area contributed by atoms with Crippen molar-refractivity contribution in [1.29, 1.82) is 0 Å². The lowest BCUT2D eigenvalue weighted by Gasteiger charge is -2.07. The first kappa shape index (κ1) is 21.1. The third-order valence-electron chi connectivity index (χ3n) is 3.59. The number of carboxylic acids is 2. The number of carbonyl (C=O) groups excluding carboxylic acids is 4. The predicted molar refractivity (Wildman–Crippen MR) is 101 cm³/mol. The van der Waals surface area contributed by atoms with Gasteiger partial charge in [0, 0.05) is 23.5 Å². The van der Waals surface area contributed by atoms with Crippen LogP contribution in [-0.2, 0) is 25.6 Å². The predicted octanol–water partition coefficient (Wildman–Crippen LogP) is -0.233. The van der Waals surface area contributed by atoms with E-state index in [2.05, 4.69) is 10.6 Å². The first-order valence-electron chi connectivity index (χ1n) is 8.40. The lowest BCUT2D eigenvalue weighted by molar-refractivity contribution is -0.298. The number of anilines is 2. The molecule has 0 spiro atoms. The van der Waals surface area contributed by atoms with Crippen molar-refractivity contribution in [2.45, 2.75) is 6.42 Å². The van der Waals surface area contributed by atoms with Gasteiger partial charge in [-0.25, -0.2) is 0 Å². The first-order chi connectivity index (χ1) is 13.8. The zero-order valence-electron chi connectivity index (χ0n) is 15.1. The molecule has 0 saturated carbocycles. The van der Waals surface area contributed by atoms with E-state index in [4.69, 9.17) is 0 Å². The minimum atomic E-state index is -1.45. The van der Waals surface area contributed by atoms with Crippen molar-refractivity contribution in [1.82, 2.24) is 0 Å². The monoisotopic (exact) mass is 392 g/mol. The van der Waals surface area contributed by atoms with Crippen LogP contribution >= 0.6 is 0 Å². The SMILES string of the molecule is O=C([O-])/C=C/C(=O)Nc1ccc(Cc2ccc(NC(=O)/C=C/C(=O)[O-])cc2)cc1. The standard InChI is InChI=1S/C21H18N2O6/c24-18(9-11-20(26)27)22-16-5-1-14(2-6-16)13-15-3-7-17(8-4-15)23-19(25)10-12-21(28)29/h1-12H,13H2,(H,22,24)(H,23,25)(H,26,27)(H,28,29)/p-2/b11-9+,12-10+. The van der Waals surface area contributed by atoms with Gasteiger partial charge >= 0.3 is 0 Å². The Morgan fingerprint density at radius 1 is 0.621 bits per heavy atom. The zero-order chi connectivity index (χ0) is 21.2. The minimum Gasteiger partial charge on any atom is -0.545 e. The fourth-order valence-corrected chi connectivity index (χ4v) is 2.30. The number of carbonyl (C=O) groups is 4. The van der Waals surface area contributed by atoms with Crippen molar-refractivity contribution in [3.63, 3.8) is 0 Å². The normalized spacial score (nSPS) is 10.8. The number of carboxylic acid groups (broad SMARTS) is 2. The summed E-state index contributed by atoms with van der Waals surface area (Å²) in [5.41, 5.74) is 2.98. The number of hydrogen-bond acceptors (Lipinski definition) is 6. The molecule has 0 atom stereocenters. The zero-order valence-corrected chi connectivity index (χ0v) is 15.1. The lowest BCUT2D eigenvalue weighted by atomic mass is 10.0. The summed E-state index contributed by atoms with van der Waals surface area (Å²) < 4.78 is 0. The Kier molecular flexibility index (Phi) is 7.43. The molecule has 0 aliphatic heterocycles. The van der Waals surface area contributed by atoms with Gasteiger partial charge in [0.2, 0.25) is 11.8 Å². The van der Waals surface area contributed by atoms with Gasteiger partial charge < -0.3 is 30.4 Å². The first-order valence-corrected chi connectivity index (χ1v) is 8.40. The quantitative estimate of drug-likeness (QED) is 0.595. The van der Waals surface area contributed by atoms with Crippen LogP contribution < -0.4 is 20.8 Å². The summed E-state index contributed by atoms with van der Waals surface area (Å²) in [4.78, 5) is 43.6. The van der Waals surface area contributed by atoms with Gasteiger partial charge in [-0.2, -0.15) is 0 Å². The molecule has 0 radical (unpaired) electrons. The Balaban J connectivity index is 1.91. The molecule has 0 unspecified atom stereocenters. The van der Waals surface area contributed by atoms with E-state index in [0.29, 0.717) is 29.9 Å². The van der Waals surface area contributed by atoms with Crippen molar-refractivity contribution in [2.24, 2.45) is 0 Å². The van der Waals surface area contributed by atoms with E-state index in [1.807, 2.05) is 24.3 Å². The highest BCUT2D eigenvalue weighted by Crippen LogP contribution is 2.16. The average molecular weight is 392 g/mol. The minimum absolute atomic E-state index is 0.518. The van der Waals surface area contributed by atoms with E-state index >= 15 is 0 Å². The van der Waals surface area contributed by atoms with Crippen LogP contribution in [0.1, 0.15) is 11.1 Å². The van der Waals surface area contributed by atoms with Crippen LogP contribution in [0.25, 0.3) is 0 Å². The topological polar surface area (TPSA) is 138 Å². The Hall–Kier alpha value is -4.20. The summed E-state index contributed by atoms with van der Waals surface area (Å²) in [6.07, 6.45) is 3.65. The molecule has 2 amide bonds. The van der Waals surface area contributed by atoms with Crippen molar-refractivity contribution in [2.75, 3.05) is 10.6 Å². The van der Waals surface area contributed by atoms with Crippen LogP contribution in [0.2, 0.25) is 0 Å². The molecule has 0 aliphatic rings. The highest BCUT2D eigenvalue weighted by Gasteiger charge is 2.02. The fourth-order valence-electron chi connectivity index (χ4n) is 2.30. The van der Waals surface area contributed by atoms with E-state index in [0.717, 1.165) is 23.3 Å². The van der Waals surface area contributed by atoms with Crippen molar-refractivity contribution >= 4 is 35.1 Å². The highest BCUT2D eigenvalue weighted by atomic mass is 16.4. The van der Waals surface area contributed by atoms with Gasteiger partial charge in [0.1, 0.15) is 0 Å². The molecule has 2 rings (SSSR count). The molecule has 0 aromatic heterocycles. The van der Waals surface area contributed by atoms with Crippen LogP contribution in [0.4, 0.5) is 11.4 Å². The Morgan fingerprint density at radius 2 is 0.966 bits per heavy atom. The molecule has 0 aliphatic carbocycles. The van der Waals surface area contributed by atoms with Crippen LogP contribution in [0, 0.1) is 0 Å². The lowest BCUT2D eigenvalue weighted by Crippen LogP contribution is -2.20. The van der Waals surface area contributed by atoms with Gasteiger partial charge in [0.15, 0.2) is 0 Å². The average Bonchev–Trinajstić information content (AvgIpc) is 2.68. The number of aliphatic carboxylic acids is 2. The van der Waals surface area contributed by atoms with Gasteiger partial charge in [-0.15, -0.1) is 0 Å². The van der Waals surface area contributed by atoms with Gasteiger partial charge in [-0.3, -0.25) is 9.59 Å². The summed E-state index contributed by atoms with van der Waals surface area (Å²) in [6, 6.07) is 14.0. The molecule has 8 nitrogen and oxygen atoms in total. The number of amides is 2. The molecule has 2 aromatic rings. The summed E-state index contributed by atoms with van der Waals surface area (Å²) in [6.45, 7) is 0. The van der Waals surface area contributed by atoms with Crippen LogP contribution in [0.15, 0.2) is 72.8 Å². The van der Waals surface area contributed by atoms with Crippen LogP contribution in [-0.4, -0.2) is 23.8 Å². The molecule has 0 saturated heterocycles. The molecule has 0 bridgehead atoms. The summed E-state index contributed by atoms with van der Waals surface area (Å²) in [7, 11) is 0. The summed E-state index contributed by atoms with van der Waals surface area (Å²) in [5, 5.41) is 25.6. The molecule has 29 heavy (non-hydrogen) atoms. The third-order valence-corrected chi connectivity index (χ3v) is 3.59. The molecule has 148 valence electrons. The van der Waals surface area contributed by atoms with Gasteiger partial charge in [-0.05, 0) is 54.0 Å². The maximum atomic E-state index is 11.5. The van der Waals surface area contributed by atoms with E-state index < -0.39 is 23.8 Å². The fraction of sp³-hybridized carbons (Fsp3) is 0.0476. The van der Waals surface area contributed by atoms with E-state index in [9.17, 15) is 29.4 Å². The van der Waals surface area contributed by atoms with Crippen LogP contribution in [0.3, 0.4) is 0 Å². The largest absolute Gasteiger partial charge is 0.545 e. The number of benzene rings is 2. The van der Waals surface area contributed by atoms with Crippen molar-refractivity contribution in [3.05, 3.63) is 84.0 Å². The summed E-state index contributed by atoms with van der Waals surface area (Å²) >= 11 is 0. The highest BCUT2D eigenvalue weighted by molar-refractivity contribution is 6.02. The van der Waals surface area contributed by atoms with Gasteiger partial charge in [0.05, 0.1) is 11.9 Å². The van der Waals surface area contributed by atoms with Gasteiger partial charge in [-0.1, -0.05) is 24.3 Å². The van der Waals surface area contributed by atoms with Crippen molar-refractivity contribution in [3.8, 4) is 0 Å². The van der Waals surface area contributed by atoms with Crippen LogP contribution in [0.5, 0.6) is 0 Å². The molecular formula is C21H16N2O6-2. The Bertz CT molecular complexity index is 880. The molecule has 0 heterocycles. The molecule has 2 N–H and O–H groups in total. The van der Waals surface area contributed by atoms with E-state index in [-0.39, 0.29) is 0 Å². The van der Waals surface area contributed by atoms with Gasteiger partial charge in [0.25, 0.3) is 0 Å². The molecule has 0 fully saturated rings.